The third kappa shape index (κ3) is 2.12. The summed E-state index contributed by atoms with van der Waals surface area (Å²) in [7, 11) is 0. The van der Waals surface area contributed by atoms with Gasteiger partial charge in [0.15, 0.2) is 0 Å². The maximum absolute atomic E-state index is 5.39. The highest BCUT2D eigenvalue weighted by atomic mass is 16.5. The molecule has 0 aliphatic carbocycles. The molecule has 0 atom stereocenters. The molecule has 4 heteroatoms. The maximum Gasteiger partial charge on any atom is 0.0730 e. The van der Waals surface area contributed by atoms with E-state index in [-0.39, 0.29) is 5.41 Å². The van der Waals surface area contributed by atoms with Crippen LogP contribution in [0.1, 0.15) is 51.8 Å². The summed E-state index contributed by atoms with van der Waals surface area (Å²) in [6.07, 6.45) is 5.12. The molecule has 16 heavy (non-hydrogen) atoms. The second-order valence-electron chi connectivity index (χ2n) is 5.14. The van der Waals surface area contributed by atoms with Gasteiger partial charge in [-0.25, -0.2) is 4.68 Å². The lowest BCUT2D eigenvalue weighted by Gasteiger charge is -2.29. The van der Waals surface area contributed by atoms with Crippen LogP contribution in [0.3, 0.4) is 0 Å². The zero-order valence-electron chi connectivity index (χ0n) is 10.4. The van der Waals surface area contributed by atoms with Crippen LogP contribution < -0.4 is 0 Å². The molecule has 0 N–H and O–H groups in total. The van der Waals surface area contributed by atoms with Crippen molar-refractivity contribution in [2.24, 2.45) is 0 Å². The van der Waals surface area contributed by atoms with Crippen molar-refractivity contribution in [2.75, 3.05) is 13.2 Å². The molecule has 2 heterocycles. The quantitative estimate of drug-likeness (QED) is 0.789. The highest BCUT2D eigenvalue weighted by molar-refractivity contribution is 5.10. The van der Waals surface area contributed by atoms with Crippen molar-refractivity contribution in [3.8, 4) is 0 Å². The van der Waals surface area contributed by atoms with E-state index in [2.05, 4.69) is 35.8 Å². The Morgan fingerprint density at radius 2 is 2.12 bits per heavy atom. The van der Waals surface area contributed by atoms with Gasteiger partial charge in [0.05, 0.1) is 17.9 Å². The van der Waals surface area contributed by atoms with E-state index in [4.69, 9.17) is 4.74 Å². The van der Waals surface area contributed by atoms with Crippen molar-refractivity contribution < 1.29 is 4.74 Å². The van der Waals surface area contributed by atoms with E-state index >= 15 is 0 Å². The van der Waals surface area contributed by atoms with Crippen molar-refractivity contribution in [3.05, 3.63) is 11.9 Å². The molecular weight excluding hydrogens is 202 g/mol. The highest BCUT2D eigenvalue weighted by Gasteiger charge is 2.27. The highest BCUT2D eigenvalue weighted by Crippen LogP contribution is 2.30. The minimum atomic E-state index is 0.155. The molecule has 1 saturated heterocycles. The maximum atomic E-state index is 5.39. The molecule has 4 nitrogen and oxygen atoms in total. The molecule has 1 fully saturated rings. The van der Waals surface area contributed by atoms with Crippen molar-refractivity contribution in [1.29, 1.82) is 0 Å². The number of nitrogens with zero attached hydrogens (tertiary/aromatic N) is 3. The molecule has 0 unspecified atom stereocenters. The average molecular weight is 223 g/mol. The largest absolute Gasteiger partial charge is 0.381 e. The second kappa shape index (κ2) is 4.53. The molecule has 0 spiro atoms. The first-order valence-corrected chi connectivity index (χ1v) is 6.13. The molecule has 1 aromatic heterocycles. The number of hydrogen-bond donors (Lipinski definition) is 0. The SMILES string of the molecule is CCC(C)(C)c1cnnn1C1CCOCC1. The summed E-state index contributed by atoms with van der Waals surface area (Å²) in [4.78, 5) is 0. The van der Waals surface area contributed by atoms with Gasteiger partial charge in [-0.3, -0.25) is 0 Å². The van der Waals surface area contributed by atoms with Gasteiger partial charge in [-0.15, -0.1) is 5.10 Å². The fourth-order valence-electron chi connectivity index (χ4n) is 2.11. The van der Waals surface area contributed by atoms with Crippen LogP contribution in [-0.2, 0) is 10.2 Å². The third-order valence-corrected chi connectivity index (χ3v) is 3.69. The van der Waals surface area contributed by atoms with E-state index in [9.17, 15) is 0 Å². The van der Waals surface area contributed by atoms with Crippen LogP contribution in [0, 0.1) is 0 Å². The first kappa shape index (κ1) is 11.6. The molecule has 0 saturated carbocycles. The van der Waals surface area contributed by atoms with Gasteiger partial charge in [0.25, 0.3) is 0 Å². The monoisotopic (exact) mass is 223 g/mol. The Hall–Kier alpha value is -0.900. The van der Waals surface area contributed by atoms with Gasteiger partial charge in [0.1, 0.15) is 0 Å². The van der Waals surface area contributed by atoms with E-state index in [1.807, 2.05) is 6.20 Å². The molecule has 1 aliphatic rings. The lowest BCUT2D eigenvalue weighted by Crippen LogP contribution is -2.27. The summed E-state index contributed by atoms with van der Waals surface area (Å²) in [6.45, 7) is 8.40. The van der Waals surface area contributed by atoms with Crippen LogP contribution in [0.5, 0.6) is 0 Å². The van der Waals surface area contributed by atoms with Crippen molar-refractivity contribution in [2.45, 2.75) is 51.5 Å². The predicted molar refractivity (Wildman–Crippen MR) is 62.4 cm³/mol. The van der Waals surface area contributed by atoms with E-state index in [0.29, 0.717) is 6.04 Å². The van der Waals surface area contributed by atoms with Crippen LogP contribution in [0.2, 0.25) is 0 Å². The van der Waals surface area contributed by atoms with E-state index in [0.717, 1.165) is 32.5 Å². The van der Waals surface area contributed by atoms with Crippen LogP contribution in [0.15, 0.2) is 6.20 Å². The van der Waals surface area contributed by atoms with Gasteiger partial charge in [-0.05, 0) is 19.3 Å². The van der Waals surface area contributed by atoms with Gasteiger partial charge >= 0.3 is 0 Å². The lowest BCUT2D eigenvalue weighted by molar-refractivity contribution is 0.0639. The minimum Gasteiger partial charge on any atom is -0.381 e. The van der Waals surface area contributed by atoms with Crippen molar-refractivity contribution >= 4 is 0 Å². The van der Waals surface area contributed by atoms with Gasteiger partial charge in [0, 0.05) is 18.6 Å². The van der Waals surface area contributed by atoms with E-state index in [1.165, 1.54) is 5.69 Å². The van der Waals surface area contributed by atoms with Crippen molar-refractivity contribution in [3.63, 3.8) is 0 Å². The summed E-state index contributed by atoms with van der Waals surface area (Å²) in [5.74, 6) is 0. The topological polar surface area (TPSA) is 39.9 Å². The Labute approximate surface area is 97.0 Å². The van der Waals surface area contributed by atoms with Gasteiger partial charge in [0.2, 0.25) is 0 Å². The Balaban J connectivity index is 2.24. The Bertz CT molecular complexity index is 340. The molecule has 0 bridgehead atoms. The van der Waals surface area contributed by atoms with Gasteiger partial charge < -0.3 is 4.74 Å². The standard InChI is InChI=1S/C12H21N3O/c1-4-12(2,3)11-9-13-14-15(11)10-5-7-16-8-6-10/h9-10H,4-8H2,1-3H3. The normalized spacial score (nSPS) is 18.9. The first-order chi connectivity index (χ1) is 7.65. The zero-order valence-corrected chi connectivity index (χ0v) is 10.4. The summed E-state index contributed by atoms with van der Waals surface area (Å²) >= 11 is 0. The molecule has 0 amide bonds. The zero-order chi connectivity index (χ0) is 11.6. The summed E-state index contributed by atoms with van der Waals surface area (Å²) in [6, 6.07) is 0.470. The Morgan fingerprint density at radius 3 is 2.75 bits per heavy atom. The van der Waals surface area contributed by atoms with Crippen LogP contribution in [-0.4, -0.2) is 28.2 Å². The Kier molecular flexibility index (Phi) is 3.28. The first-order valence-electron chi connectivity index (χ1n) is 6.13. The number of rotatable bonds is 3. The molecule has 1 aromatic rings. The fraction of sp³-hybridized carbons (Fsp3) is 0.833. The summed E-state index contributed by atoms with van der Waals surface area (Å²) in [5.41, 5.74) is 1.41. The molecule has 0 radical (unpaired) electrons. The van der Waals surface area contributed by atoms with E-state index < -0.39 is 0 Å². The molecule has 90 valence electrons. The van der Waals surface area contributed by atoms with Crippen LogP contribution in [0.25, 0.3) is 0 Å². The summed E-state index contributed by atoms with van der Waals surface area (Å²) < 4.78 is 7.51. The van der Waals surface area contributed by atoms with Crippen LogP contribution in [0.4, 0.5) is 0 Å². The van der Waals surface area contributed by atoms with Gasteiger partial charge in [-0.1, -0.05) is 26.0 Å². The lowest BCUT2D eigenvalue weighted by atomic mass is 9.86. The molecule has 0 aromatic carbocycles. The Morgan fingerprint density at radius 1 is 1.44 bits per heavy atom. The molecular formula is C12H21N3O. The van der Waals surface area contributed by atoms with Crippen molar-refractivity contribution in [1.82, 2.24) is 15.0 Å². The molecule has 1 aliphatic heterocycles. The fourth-order valence-corrected chi connectivity index (χ4v) is 2.11. The van der Waals surface area contributed by atoms with Gasteiger partial charge in [-0.2, -0.15) is 0 Å². The molecule has 2 rings (SSSR count). The average Bonchev–Trinajstić information content (AvgIpc) is 2.80. The smallest absolute Gasteiger partial charge is 0.0730 e. The van der Waals surface area contributed by atoms with Crippen LogP contribution >= 0.6 is 0 Å². The number of ether oxygens (including phenoxy) is 1. The minimum absolute atomic E-state index is 0.155. The predicted octanol–water partition coefficient (Wildman–Crippen LogP) is 2.32. The second-order valence-corrected chi connectivity index (χ2v) is 5.14. The van der Waals surface area contributed by atoms with E-state index in [1.54, 1.807) is 0 Å². The number of hydrogen-bond acceptors (Lipinski definition) is 3. The summed E-state index contributed by atoms with van der Waals surface area (Å²) in [5, 5.41) is 8.35. The number of aromatic nitrogens is 3. The third-order valence-electron chi connectivity index (χ3n) is 3.69.